The molecule has 1 atom stereocenters. The van der Waals surface area contributed by atoms with Crippen LogP contribution in [0.3, 0.4) is 0 Å². The van der Waals surface area contributed by atoms with E-state index in [2.05, 4.69) is 17.2 Å². The Kier molecular flexibility index (Phi) is 5.06. The van der Waals surface area contributed by atoms with Crippen LogP contribution < -0.4 is 5.32 Å². The van der Waals surface area contributed by atoms with Crippen molar-refractivity contribution >= 4 is 17.3 Å². The van der Waals surface area contributed by atoms with Gasteiger partial charge in [0, 0.05) is 25.3 Å². The summed E-state index contributed by atoms with van der Waals surface area (Å²) in [5, 5.41) is 2.93. The first kappa shape index (κ1) is 17.5. The van der Waals surface area contributed by atoms with Crippen LogP contribution in [-0.2, 0) is 0 Å². The quantitative estimate of drug-likeness (QED) is 0.929. The molecule has 0 spiro atoms. The number of likely N-dealkylation sites (tertiary alicyclic amines) is 1. The van der Waals surface area contributed by atoms with Crippen LogP contribution in [0.1, 0.15) is 61.1 Å². The largest absolute Gasteiger partial charge is 0.347 e. The van der Waals surface area contributed by atoms with Gasteiger partial charge in [0.05, 0.1) is 5.52 Å². The van der Waals surface area contributed by atoms with Crippen molar-refractivity contribution in [2.45, 2.75) is 46.1 Å². The Morgan fingerprint density at radius 1 is 1.32 bits per heavy atom. The Morgan fingerprint density at radius 2 is 2.04 bits per heavy atom. The fourth-order valence-corrected chi connectivity index (χ4v) is 3.11. The number of carbonyl (C=O) groups is 2. The van der Waals surface area contributed by atoms with Crippen molar-refractivity contribution in [3.63, 3.8) is 0 Å². The summed E-state index contributed by atoms with van der Waals surface area (Å²) >= 11 is 0. The van der Waals surface area contributed by atoms with Gasteiger partial charge in [0.2, 0.25) is 5.82 Å². The molecule has 1 fully saturated rings. The average molecular weight is 342 g/mol. The number of hydrogen-bond donors (Lipinski definition) is 1. The predicted molar refractivity (Wildman–Crippen MR) is 96.7 cm³/mol. The first-order valence-corrected chi connectivity index (χ1v) is 9.08. The maximum atomic E-state index is 13.0. The second-order valence-electron chi connectivity index (χ2n) is 7.00. The lowest BCUT2D eigenvalue weighted by Crippen LogP contribution is -2.38. The van der Waals surface area contributed by atoms with Gasteiger partial charge in [-0.15, -0.1) is 0 Å². The van der Waals surface area contributed by atoms with Gasteiger partial charge in [-0.3, -0.25) is 14.0 Å². The highest BCUT2D eigenvalue weighted by Crippen LogP contribution is 2.21. The molecule has 2 aromatic heterocycles. The van der Waals surface area contributed by atoms with Crippen LogP contribution in [0.25, 0.3) is 5.52 Å². The molecule has 1 saturated heterocycles. The molecule has 25 heavy (non-hydrogen) atoms. The summed E-state index contributed by atoms with van der Waals surface area (Å²) in [6, 6.07) is 5.60. The Labute approximate surface area is 148 Å². The molecule has 0 radical (unpaired) electrons. The summed E-state index contributed by atoms with van der Waals surface area (Å²) in [5.41, 5.74) is 1.05. The number of hydrogen-bond acceptors (Lipinski definition) is 3. The minimum atomic E-state index is -0.248. The summed E-state index contributed by atoms with van der Waals surface area (Å²) in [4.78, 5) is 31.8. The molecule has 1 aliphatic rings. The third kappa shape index (κ3) is 3.52. The molecule has 0 saturated carbocycles. The van der Waals surface area contributed by atoms with Gasteiger partial charge >= 0.3 is 0 Å². The molecule has 1 aliphatic heterocycles. The average Bonchev–Trinajstić information content (AvgIpc) is 3.01. The lowest BCUT2D eigenvalue weighted by atomic mass is 9.99. The maximum Gasteiger partial charge on any atom is 0.287 e. The molecule has 1 unspecified atom stereocenters. The van der Waals surface area contributed by atoms with Crippen LogP contribution >= 0.6 is 0 Å². The van der Waals surface area contributed by atoms with Crippen molar-refractivity contribution in [2.24, 2.45) is 5.92 Å². The molecule has 1 N–H and O–H groups in total. The number of imidazole rings is 1. The van der Waals surface area contributed by atoms with E-state index in [1.165, 1.54) is 0 Å². The first-order valence-electron chi connectivity index (χ1n) is 9.08. The molecule has 0 bridgehead atoms. The van der Waals surface area contributed by atoms with Crippen LogP contribution in [0, 0.1) is 5.92 Å². The van der Waals surface area contributed by atoms with Crippen LogP contribution in [0.4, 0.5) is 0 Å². The molecule has 6 nitrogen and oxygen atoms in total. The standard InChI is InChI=1S/C19H26N4O2/c1-4-14(3)20-18(24)17-21-16(15-7-5-6-10-23(15)17)19(25)22-11-8-13(2)9-12-22/h5-7,10,13-14H,4,8-9,11-12H2,1-3H3,(H,20,24). The fourth-order valence-electron chi connectivity index (χ4n) is 3.11. The van der Waals surface area contributed by atoms with Crippen LogP contribution in [-0.4, -0.2) is 45.2 Å². The molecule has 0 aromatic carbocycles. The van der Waals surface area contributed by atoms with Gasteiger partial charge in [-0.1, -0.05) is 19.9 Å². The van der Waals surface area contributed by atoms with Gasteiger partial charge in [-0.25, -0.2) is 4.98 Å². The van der Waals surface area contributed by atoms with E-state index in [0.717, 1.165) is 32.4 Å². The third-order valence-corrected chi connectivity index (χ3v) is 5.01. The normalized spacial score (nSPS) is 16.8. The number of carbonyl (C=O) groups excluding carboxylic acids is 2. The SMILES string of the molecule is CCC(C)NC(=O)c1nc(C(=O)N2CCC(C)CC2)c2ccccn12. The number of piperidine rings is 1. The van der Waals surface area contributed by atoms with E-state index in [-0.39, 0.29) is 23.7 Å². The number of amides is 2. The number of pyridine rings is 1. The number of fused-ring (bicyclic) bond motifs is 1. The van der Waals surface area contributed by atoms with E-state index in [1.54, 1.807) is 10.6 Å². The minimum absolute atomic E-state index is 0.0614. The second kappa shape index (κ2) is 7.25. The highest BCUT2D eigenvalue weighted by molar-refractivity contribution is 6.02. The van der Waals surface area contributed by atoms with Crippen LogP contribution in [0.15, 0.2) is 24.4 Å². The molecule has 2 amide bonds. The second-order valence-corrected chi connectivity index (χ2v) is 7.00. The number of nitrogens with zero attached hydrogens (tertiary/aromatic N) is 3. The Morgan fingerprint density at radius 3 is 2.72 bits per heavy atom. The Balaban J connectivity index is 1.93. The summed E-state index contributed by atoms with van der Waals surface area (Å²) in [6.07, 6.45) is 4.65. The van der Waals surface area contributed by atoms with Crippen molar-refractivity contribution in [1.82, 2.24) is 19.6 Å². The monoisotopic (exact) mass is 342 g/mol. The van der Waals surface area contributed by atoms with E-state index < -0.39 is 0 Å². The van der Waals surface area contributed by atoms with E-state index in [0.29, 0.717) is 17.1 Å². The smallest absolute Gasteiger partial charge is 0.287 e. The van der Waals surface area contributed by atoms with Crippen LogP contribution in [0.5, 0.6) is 0 Å². The topological polar surface area (TPSA) is 66.7 Å². The fraction of sp³-hybridized carbons (Fsp3) is 0.526. The van der Waals surface area contributed by atoms with Crippen molar-refractivity contribution in [3.05, 3.63) is 35.9 Å². The van der Waals surface area contributed by atoms with Gasteiger partial charge in [-0.05, 0) is 44.2 Å². The van der Waals surface area contributed by atoms with Crippen molar-refractivity contribution < 1.29 is 9.59 Å². The zero-order chi connectivity index (χ0) is 18.0. The lowest BCUT2D eigenvalue weighted by molar-refractivity contribution is 0.0694. The van der Waals surface area contributed by atoms with Gasteiger partial charge in [0.25, 0.3) is 11.8 Å². The highest BCUT2D eigenvalue weighted by Gasteiger charge is 2.27. The Hall–Kier alpha value is -2.37. The molecule has 0 aliphatic carbocycles. The predicted octanol–water partition coefficient (Wildman–Crippen LogP) is 2.73. The third-order valence-electron chi connectivity index (χ3n) is 5.01. The van der Waals surface area contributed by atoms with Gasteiger partial charge < -0.3 is 10.2 Å². The zero-order valence-corrected chi connectivity index (χ0v) is 15.2. The maximum absolute atomic E-state index is 13.0. The minimum Gasteiger partial charge on any atom is -0.347 e. The van der Waals surface area contributed by atoms with Crippen molar-refractivity contribution in [3.8, 4) is 0 Å². The van der Waals surface area contributed by atoms with Crippen LogP contribution in [0.2, 0.25) is 0 Å². The summed E-state index contributed by atoms with van der Waals surface area (Å²) in [7, 11) is 0. The van der Waals surface area contributed by atoms with Gasteiger partial charge in [0.15, 0.2) is 5.69 Å². The zero-order valence-electron chi connectivity index (χ0n) is 15.2. The number of rotatable bonds is 4. The van der Waals surface area contributed by atoms with E-state index in [1.807, 2.05) is 36.9 Å². The van der Waals surface area contributed by atoms with Crippen molar-refractivity contribution in [2.75, 3.05) is 13.1 Å². The molecular formula is C19H26N4O2. The van der Waals surface area contributed by atoms with E-state index in [4.69, 9.17) is 0 Å². The summed E-state index contributed by atoms with van der Waals surface area (Å²) in [5.74, 6) is 0.587. The molecular weight excluding hydrogens is 316 g/mol. The van der Waals surface area contributed by atoms with Gasteiger partial charge in [-0.2, -0.15) is 0 Å². The highest BCUT2D eigenvalue weighted by atomic mass is 16.2. The van der Waals surface area contributed by atoms with E-state index >= 15 is 0 Å². The Bertz CT molecular complexity index is 775. The van der Waals surface area contributed by atoms with Gasteiger partial charge in [0.1, 0.15) is 0 Å². The van der Waals surface area contributed by atoms with Crippen molar-refractivity contribution in [1.29, 1.82) is 0 Å². The van der Waals surface area contributed by atoms with E-state index in [9.17, 15) is 9.59 Å². The summed E-state index contributed by atoms with van der Waals surface area (Å²) < 4.78 is 1.71. The number of nitrogens with one attached hydrogen (secondary N) is 1. The molecule has 3 heterocycles. The summed E-state index contributed by atoms with van der Waals surface area (Å²) in [6.45, 7) is 7.68. The molecule has 2 aromatic rings. The molecule has 6 heteroatoms. The molecule has 134 valence electrons. The number of aromatic nitrogens is 2. The lowest BCUT2D eigenvalue weighted by Gasteiger charge is -2.29. The molecule has 3 rings (SSSR count). The first-order chi connectivity index (χ1) is 12.0.